The molecule has 1 fully saturated rings. The van der Waals surface area contributed by atoms with Crippen molar-refractivity contribution >= 4 is 23.7 Å². The van der Waals surface area contributed by atoms with E-state index in [4.69, 9.17) is 0 Å². The molecule has 2 atom stereocenters. The Bertz CT molecular complexity index is 240. The summed E-state index contributed by atoms with van der Waals surface area (Å²) < 4.78 is 0. The quantitative estimate of drug-likeness (QED) is 0.478. The van der Waals surface area contributed by atoms with Crippen molar-refractivity contribution in [2.45, 2.75) is 17.8 Å². The van der Waals surface area contributed by atoms with E-state index >= 15 is 0 Å². The summed E-state index contributed by atoms with van der Waals surface area (Å²) in [6, 6.07) is -0.905. The monoisotopic (exact) mass is 235 g/mol. The van der Waals surface area contributed by atoms with Crippen molar-refractivity contribution in [2.75, 3.05) is 5.75 Å². The second-order valence-electron chi connectivity index (χ2n) is 2.65. The van der Waals surface area contributed by atoms with Crippen LogP contribution in [-0.2, 0) is 9.59 Å². The minimum atomic E-state index is -1.31. The van der Waals surface area contributed by atoms with Gasteiger partial charge in [-0.1, -0.05) is 0 Å². The number of hydrogen-bond acceptors (Lipinski definition) is 6. The van der Waals surface area contributed by atoms with Gasteiger partial charge in [-0.2, -0.15) is 0 Å². The number of carboxylic acid groups (broad SMARTS) is 2. The number of carbonyl (C=O) groups excluding carboxylic acids is 2. The molecule has 0 bridgehead atoms. The third-order valence-corrected chi connectivity index (χ3v) is 3.02. The number of aliphatic carboxylic acids is 2. The minimum Gasteiger partial charge on any atom is -0.548 e. The van der Waals surface area contributed by atoms with Crippen molar-refractivity contribution in [1.29, 1.82) is 0 Å². The molecule has 0 radical (unpaired) electrons. The van der Waals surface area contributed by atoms with Crippen molar-refractivity contribution in [3.05, 3.63) is 0 Å². The van der Waals surface area contributed by atoms with Gasteiger partial charge in [0.25, 0.3) is 0 Å². The van der Waals surface area contributed by atoms with E-state index in [-0.39, 0.29) is 64.9 Å². The summed E-state index contributed by atoms with van der Waals surface area (Å²) >= 11 is 0.995. The first-order valence-electron chi connectivity index (χ1n) is 3.29. The molecule has 1 rings (SSSR count). The molecule has 8 heteroatoms. The van der Waals surface area contributed by atoms with Crippen molar-refractivity contribution in [3.63, 3.8) is 0 Å². The van der Waals surface area contributed by atoms with Gasteiger partial charge in [-0.3, -0.25) is 5.32 Å². The summed E-state index contributed by atoms with van der Waals surface area (Å²) in [7, 11) is 0. The van der Waals surface area contributed by atoms with Crippen LogP contribution in [0.2, 0.25) is 0 Å². The number of hydrogen-bond donors (Lipinski definition) is 1. The van der Waals surface area contributed by atoms with E-state index in [1.54, 1.807) is 0 Å². The summed E-state index contributed by atoms with van der Waals surface area (Å²) in [4.78, 5) is 19.5. The largest absolute Gasteiger partial charge is 1.00 e. The van der Waals surface area contributed by atoms with Crippen LogP contribution in [0, 0.1) is 0 Å². The maximum absolute atomic E-state index is 10.5. The molecule has 2 unspecified atom stereocenters. The van der Waals surface area contributed by atoms with Gasteiger partial charge in [0.2, 0.25) is 0 Å². The molecule has 0 aromatic heterocycles. The van der Waals surface area contributed by atoms with E-state index in [1.165, 1.54) is 6.92 Å². The van der Waals surface area contributed by atoms with E-state index in [1.807, 2.05) is 0 Å². The summed E-state index contributed by atoms with van der Waals surface area (Å²) in [6.07, 6.45) is 0. The van der Waals surface area contributed by atoms with E-state index in [9.17, 15) is 19.8 Å². The second kappa shape index (κ2) is 6.75. The van der Waals surface area contributed by atoms with Gasteiger partial charge in [-0.15, -0.1) is 11.8 Å². The molecule has 0 spiro atoms. The Balaban J connectivity index is 0. The van der Waals surface area contributed by atoms with Crippen molar-refractivity contribution in [2.24, 2.45) is 0 Å². The van der Waals surface area contributed by atoms with Gasteiger partial charge in [0.05, 0.1) is 18.0 Å². The van der Waals surface area contributed by atoms with Crippen LogP contribution in [0.1, 0.15) is 6.92 Å². The van der Waals surface area contributed by atoms with Crippen LogP contribution in [0.4, 0.5) is 0 Å². The predicted octanol–water partition coefficient (Wildman–Crippen LogP) is -9.08. The van der Waals surface area contributed by atoms with Crippen LogP contribution >= 0.6 is 11.8 Å². The Morgan fingerprint density at radius 1 is 1.43 bits per heavy atom. The van der Waals surface area contributed by atoms with Crippen LogP contribution in [0.15, 0.2) is 0 Å². The minimum absolute atomic E-state index is 0. The molecule has 0 saturated carbocycles. The van der Waals surface area contributed by atoms with Crippen LogP contribution in [0.25, 0.3) is 0 Å². The van der Waals surface area contributed by atoms with E-state index in [2.05, 4.69) is 5.32 Å². The maximum atomic E-state index is 10.5. The first-order valence-corrected chi connectivity index (χ1v) is 4.28. The molecule has 1 aliphatic heterocycles. The molecule has 5 nitrogen and oxygen atoms in total. The molecule has 68 valence electrons. The second-order valence-corrected chi connectivity index (χ2v) is 4.09. The normalized spacial score (nSPS) is 29.9. The van der Waals surface area contributed by atoms with Gasteiger partial charge in [0.1, 0.15) is 4.87 Å². The van der Waals surface area contributed by atoms with Crippen LogP contribution in [0.5, 0.6) is 0 Å². The summed E-state index contributed by atoms with van der Waals surface area (Å²) in [6.45, 7) is 1.37. The molecule has 1 heterocycles. The smallest absolute Gasteiger partial charge is 0.548 e. The fraction of sp³-hybridized carbons (Fsp3) is 0.667. The molecule has 14 heavy (non-hydrogen) atoms. The standard InChI is InChI=1S/C6H9NO4S.2Na/c1-6(5(10)11)7-3(2-12-6)4(8)9;;/h3,7H,2H2,1H3,(H,8,9)(H,10,11);;/q;2*+1/p-2. The molecule has 0 aromatic rings. The van der Waals surface area contributed by atoms with Gasteiger partial charge in [0.15, 0.2) is 0 Å². The number of rotatable bonds is 2. The van der Waals surface area contributed by atoms with Crippen molar-refractivity contribution < 1.29 is 78.9 Å². The van der Waals surface area contributed by atoms with Gasteiger partial charge < -0.3 is 19.8 Å². The fourth-order valence-electron chi connectivity index (χ4n) is 0.911. The number of nitrogens with one attached hydrogen (secondary N) is 1. The predicted molar refractivity (Wildman–Crippen MR) is 37.8 cm³/mol. The van der Waals surface area contributed by atoms with Crippen molar-refractivity contribution in [1.82, 2.24) is 5.32 Å². The van der Waals surface area contributed by atoms with Gasteiger partial charge in [0, 0.05) is 5.75 Å². The Hall–Kier alpha value is 1.25. The van der Waals surface area contributed by atoms with Gasteiger partial charge in [-0.25, -0.2) is 0 Å². The Kier molecular flexibility index (Phi) is 8.51. The SMILES string of the molecule is CC1(C(=O)[O-])NC(C(=O)[O-])CS1.[Na+].[Na+]. The zero-order valence-electron chi connectivity index (χ0n) is 8.33. The van der Waals surface area contributed by atoms with E-state index in [0.717, 1.165) is 11.8 Å². The van der Waals surface area contributed by atoms with Crippen LogP contribution in [-0.4, -0.2) is 28.6 Å². The number of thioether (sulfide) groups is 1. The first kappa shape index (κ1) is 17.6. The molecule has 0 aromatic carbocycles. The third-order valence-electron chi connectivity index (χ3n) is 1.66. The first-order chi connectivity index (χ1) is 5.46. The Labute approximate surface area is 130 Å². The van der Waals surface area contributed by atoms with Gasteiger partial charge in [-0.05, 0) is 6.92 Å². The molecule has 1 N–H and O–H groups in total. The topological polar surface area (TPSA) is 92.3 Å². The molecule has 0 aliphatic carbocycles. The molecular weight excluding hydrogens is 228 g/mol. The summed E-state index contributed by atoms with van der Waals surface area (Å²) in [5.74, 6) is -2.41. The van der Waals surface area contributed by atoms with E-state index in [0.29, 0.717) is 0 Å². The average Bonchev–Trinajstić information content (AvgIpc) is 2.33. The molecule has 0 amide bonds. The summed E-state index contributed by atoms with van der Waals surface area (Å²) in [5, 5.41) is 23.2. The van der Waals surface area contributed by atoms with Crippen LogP contribution < -0.4 is 74.6 Å². The zero-order chi connectivity index (χ0) is 9.35. The van der Waals surface area contributed by atoms with E-state index < -0.39 is 22.9 Å². The third kappa shape index (κ3) is 4.02. The zero-order valence-corrected chi connectivity index (χ0v) is 13.1. The molecular formula is C6H7NNa2O4S. The summed E-state index contributed by atoms with van der Waals surface area (Å²) in [5.41, 5.74) is 0. The molecule has 1 saturated heterocycles. The van der Waals surface area contributed by atoms with Gasteiger partial charge >= 0.3 is 59.1 Å². The average molecular weight is 235 g/mol. The Morgan fingerprint density at radius 3 is 2.14 bits per heavy atom. The Morgan fingerprint density at radius 2 is 1.93 bits per heavy atom. The van der Waals surface area contributed by atoms with Crippen molar-refractivity contribution in [3.8, 4) is 0 Å². The van der Waals surface area contributed by atoms with Crippen LogP contribution in [0.3, 0.4) is 0 Å². The maximum Gasteiger partial charge on any atom is 1.00 e. The number of carboxylic acids is 2. The molecule has 1 aliphatic rings. The number of carbonyl (C=O) groups is 2. The fourth-order valence-corrected chi connectivity index (χ4v) is 1.97.